The van der Waals surface area contributed by atoms with Crippen LogP contribution in [0.5, 0.6) is 17.2 Å². The van der Waals surface area contributed by atoms with Crippen molar-refractivity contribution in [3.05, 3.63) is 17.7 Å². The fraction of sp³-hybridized carbons (Fsp3) is 0.429. The zero-order valence-corrected chi connectivity index (χ0v) is 13.2. The number of amides is 1. The second-order valence-corrected chi connectivity index (χ2v) is 5.85. The van der Waals surface area contributed by atoms with Crippen LogP contribution in [0.1, 0.15) is 17.9 Å². The van der Waals surface area contributed by atoms with Crippen LogP contribution < -0.4 is 9.47 Å². The Labute approximate surface area is 131 Å². The molecule has 1 fully saturated rings. The smallest absolute Gasteiger partial charge is 0.327 e. The molecule has 0 radical (unpaired) electrons. The molecule has 0 aliphatic carbocycles. The van der Waals surface area contributed by atoms with Gasteiger partial charge in [-0.15, -0.1) is 11.8 Å². The van der Waals surface area contributed by atoms with Gasteiger partial charge in [0, 0.05) is 12.7 Å². The number of carboxylic acid groups (broad SMARTS) is 1. The molecule has 0 saturated carbocycles. The average molecular weight is 327 g/mol. The average Bonchev–Trinajstić information content (AvgIpc) is 2.92. The van der Waals surface area contributed by atoms with Crippen molar-refractivity contribution in [1.82, 2.24) is 4.90 Å². The van der Waals surface area contributed by atoms with Gasteiger partial charge in [0.1, 0.15) is 11.4 Å². The van der Waals surface area contributed by atoms with Crippen LogP contribution in [0.2, 0.25) is 0 Å². The number of methoxy groups -OCH3 is 2. The number of ether oxygens (including phenoxy) is 2. The molecule has 120 valence electrons. The molecule has 0 aromatic heterocycles. The van der Waals surface area contributed by atoms with E-state index in [9.17, 15) is 19.8 Å². The monoisotopic (exact) mass is 327 g/mol. The van der Waals surface area contributed by atoms with Gasteiger partial charge in [0.15, 0.2) is 11.5 Å². The fourth-order valence-corrected chi connectivity index (χ4v) is 3.85. The lowest BCUT2D eigenvalue weighted by molar-refractivity contribution is -0.148. The number of carboxylic acids is 1. The molecule has 22 heavy (non-hydrogen) atoms. The highest BCUT2D eigenvalue weighted by Gasteiger charge is 2.41. The first-order valence-electron chi connectivity index (χ1n) is 6.48. The van der Waals surface area contributed by atoms with Crippen molar-refractivity contribution in [3.8, 4) is 17.2 Å². The van der Waals surface area contributed by atoms with Gasteiger partial charge in [0.2, 0.25) is 11.7 Å². The first-order chi connectivity index (χ1) is 10.4. The Morgan fingerprint density at radius 3 is 2.23 bits per heavy atom. The Morgan fingerprint density at radius 2 is 1.82 bits per heavy atom. The Balaban J connectivity index is 2.46. The van der Waals surface area contributed by atoms with Crippen LogP contribution in [-0.2, 0) is 9.59 Å². The summed E-state index contributed by atoms with van der Waals surface area (Å²) in [6, 6.07) is 2.28. The predicted octanol–water partition coefficient (Wildman–Crippen LogP) is 1.46. The Bertz CT molecular complexity index is 580. The molecule has 2 N–H and O–H groups in total. The molecule has 1 saturated heterocycles. The van der Waals surface area contributed by atoms with Gasteiger partial charge in [-0.1, -0.05) is 0 Å². The van der Waals surface area contributed by atoms with Crippen molar-refractivity contribution < 1.29 is 29.3 Å². The second-order valence-electron chi connectivity index (χ2n) is 4.74. The highest BCUT2D eigenvalue weighted by Crippen LogP contribution is 2.46. The quantitative estimate of drug-likeness (QED) is 0.864. The molecular formula is C14H17NO6S. The van der Waals surface area contributed by atoms with Crippen LogP contribution in [0.25, 0.3) is 0 Å². The highest BCUT2D eigenvalue weighted by atomic mass is 32.2. The van der Waals surface area contributed by atoms with E-state index in [0.717, 1.165) is 0 Å². The maximum absolute atomic E-state index is 11.9. The van der Waals surface area contributed by atoms with Crippen LogP contribution in [-0.4, -0.2) is 53.0 Å². The van der Waals surface area contributed by atoms with Crippen molar-refractivity contribution in [1.29, 1.82) is 0 Å². The maximum Gasteiger partial charge on any atom is 0.327 e. The lowest BCUT2D eigenvalue weighted by Crippen LogP contribution is -2.41. The number of hydrogen-bond acceptors (Lipinski definition) is 6. The number of nitrogens with zero attached hydrogens (tertiary/aromatic N) is 1. The van der Waals surface area contributed by atoms with Gasteiger partial charge in [0.05, 0.1) is 14.2 Å². The van der Waals surface area contributed by atoms with Crippen molar-refractivity contribution in [3.63, 3.8) is 0 Å². The SMILES string of the molecule is COc1cc([C@@H]2SC[C@H](C(=O)O)N2C(C)=O)cc(OC)c1O. The van der Waals surface area contributed by atoms with Gasteiger partial charge in [-0.2, -0.15) is 0 Å². The van der Waals surface area contributed by atoms with E-state index in [-0.39, 0.29) is 23.2 Å². The van der Waals surface area contributed by atoms with Crippen molar-refractivity contribution in [2.24, 2.45) is 0 Å². The van der Waals surface area contributed by atoms with Gasteiger partial charge in [-0.3, -0.25) is 4.79 Å². The molecule has 7 nitrogen and oxygen atoms in total. The number of benzene rings is 1. The van der Waals surface area contributed by atoms with Crippen LogP contribution in [0.4, 0.5) is 0 Å². The van der Waals surface area contributed by atoms with Crippen LogP contribution in [0.3, 0.4) is 0 Å². The van der Waals surface area contributed by atoms with Crippen molar-refractivity contribution >= 4 is 23.6 Å². The van der Waals surface area contributed by atoms with E-state index in [1.54, 1.807) is 12.1 Å². The van der Waals surface area contributed by atoms with Gasteiger partial charge in [-0.25, -0.2) is 4.79 Å². The molecule has 1 heterocycles. The summed E-state index contributed by atoms with van der Waals surface area (Å²) in [6.45, 7) is 1.34. The minimum atomic E-state index is -1.04. The number of hydrogen-bond donors (Lipinski definition) is 2. The molecule has 1 aliphatic rings. The molecule has 1 aromatic rings. The van der Waals surface area contributed by atoms with E-state index in [1.807, 2.05) is 0 Å². The Hall–Kier alpha value is -2.09. The number of carbonyl (C=O) groups excluding carboxylic acids is 1. The summed E-state index contributed by atoms with van der Waals surface area (Å²) in [5.41, 5.74) is 0.635. The number of phenols is 1. The minimum absolute atomic E-state index is 0.138. The zero-order valence-electron chi connectivity index (χ0n) is 12.4. The number of aliphatic carboxylic acids is 1. The fourth-order valence-electron chi connectivity index (χ4n) is 2.39. The Kier molecular flexibility index (Phi) is 4.70. The zero-order chi connectivity index (χ0) is 16.4. The normalized spacial score (nSPS) is 20.8. The van der Waals surface area contributed by atoms with Crippen molar-refractivity contribution in [2.45, 2.75) is 18.3 Å². The number of rotatable bonds is 4. The first-order valence-corrected chi connectivity index (χ1v) is 7.53. The van der Waals surface area contributed by atoms with E-state index in [2.05, 4.69) is 0 Å². The van der Waals surface area contributed by atoms with E-state index >= 15 is 0 Å². The van der Waals surface area contributed by atoms with Crippen LogP contribution in [0, 0.1) is 0 Å². The summed E-state index contributed by atoms with van der Waals surface area (Å²) < 4.78 is 10.2. The molecule has 2 rings (SSSR count). The standard InChI is InChI=1S/C14H17NO6S/c1-7(16)15-9(14(18)19)6-22-13(15)8-4-10(20-2)12(17)11(5-8)21-3/h4-5,9,13,17H,6H2,1-3H3,(H,18,19)/t9-,13+/m1/s1. The summed E-state index contributed by atoms with van der Waals surface area (Å²) in [5.74, 6) is -0.794. The third-order valence-electron chi connectivity index (χ3n) is 3.44. The van der Waals surface area contributed by atoms with E-state index in [1.165, 1.54) is 37.8 Å². The maximum atomic E-state index is 11.9. The predicted molar refractivity (Wildman–Crippen MR) is 80.4 cm³/mol. The summed E-state index contributed by atoms with van der Waals surface area (Å²) in [6.07, 6.45) is 0. The molecular weight excluding hydrogens is 310 g/mol. The van der Waals surface area contributed by atoms with Gasteiger partial charge < -0.3 is 24.6 Å². The first kappa shape index (κ1) is 16.3. The van der Waals surface area contributed by atoms with E-state index < -0.39 is 17.4 Å². The number of carbonyl (C=O) groups is 2. The molecule has 0 unspecified atom stereocenters. The number of phenolic OH excluding ortho intramolecular Hbond substituents is 1. The molecule has 1 aromatic carbocycles. The highest BCUT2D eigenvalue weighted by molar-refractivity contribution is 7.99. The van der Waals surface area contributed by atoms with Gasteiger partial charge in [0.25, 0.3) is 0 Å². The van der Waals surface area contributed by atoms with Crippen LogP contribution >= 0.6 is 11.8 Å². The number of aromatic hydroxyl groups is 1. The minimum Gasteiger partial charge on any atom is -0.502 e. The van der Waals surface area contributed by atoms with E-state index in [0.29, 0.717) is 11.3 Å². The summed E-state index contributed by atoms with van der Waals surface area (Å²) in [5, 5.41) is 18.7. The topological polar surface area (TPSA) is 96.3 Å². The van der Waals surface area contributed by atoms with Crippen molar-refractivity contribution in [2.75, 3.05) is 20.0 Å². The molecule has 1 aliphatic heterocycles. The number of thioether (sulfide) groups is 1. The third kappa shape index (κ3) is 2.78. The molecule has 0 bridgehead atoms. The van der Waals surface area contributed by atoms with E-state index in [4.69, 9.17) is 9.47 Å². The second kappa shape index (κ2) is 6.35. The molecule has 1 amide bonds. The van der Waals surface area contributed by atoms with Gasteiger partial charge >= 0.3 is 5.97 Å². The molecule has 2 atom stereocenters. The molecule has 0 spiro atoms. The lowest BCUT2D eigenvalue weighted by Gasteiger charge is -2.27. The summed E-state index contributed by atoms with van der Waals surface area (Å²) in [7, 11) is 2.81. The van der Waals surface area contributed by atoms with Crippen LogP contribution in [0.15, 0.2) is 12.1 Å². The summed E-state index contributed by atoms with van der Waals surface area (Å²) >= 11 is 1.34. The third-order valence-corrected chi connectivity index (χ3v) is 4.76. The largest absolute Gasteiger partial charge is 0.502 e. The Morgan fingerprint density at radius 1 is 1.27 bits per heavy atom. The molecule has 8 heteroatoms. The summed E-state index contributed by atoms with van der Waals surface area (Å²) in [4.78, 5) is 24.5. The lowest BCUT2D eigenvalue weighted by atomic mass is 10.1. The van der Waals surface area contributed by atoms with Gasteiger partial charge in [-0.05, 0) is 17.7 Å².